The molecule has 0 radical (unpaired) electrons. The molecule has 3 amide bonds. The van der Waals surface area contributed by atoms with Gasteiger partial charge in [-0.25, -0.2) is 4.79 Å². The normalized spacial score (nSPS) is 13.8. The molecule has 0 saturated heterocycles. The van der Waals surface area contributed by atoms with Crippen molar-refractivity contribution >= 4 is 46.4 Å². The highest BCUT2D eigenvalue weighted by Gasteiger charge is 2.26. The summed E-state index contributed by atoms with van der Waals surface area (Å²) in [6, 6.07) is 4.90. The molecule has 0 aliphatic rings. The Bertz CT molecular complexity index is 1010. The van der Waals surface area contributed by atoms with Gasteiger partial charge in [-0.1, -0.05) is 32.0 Å². The van der Waals surface area contributed by atoms with Gasteiger partial charge in [-0.3, -0.25) is 14.4 Å². The molecule has 7 N–H and O–H groups in total. The Labute approximate surface area is 202 Å². The van der Waals surface area contributed by atoms with Crippen LogP contribution in [-0.2, 0) is 25.6 Å². The van der Waals surface area contributed by atoms with Crippen LogP contribution in [0.4, 0.5) is 0 Å². The van der Waals surface area contributed by atoms with Gasteiger partial charge in [-0.05, 0) is 42.4 Å². The third-order valence-corrected chi connectivity index (χ3v) is 6.01. The zero-order valence-electron chi connectivity index (χ0n) is 19.6. The number of benzene rings is 1. The van der Waals surface area contributed by atoms with E-state index in [-0.39, 0.29) is 5.92 Å². The summed E-state index contributed by atoms with van der Waals surface area (Å²) in [5.74, 6) is -2.49. The van der Waals surface area contributed by atoms with Crippen molar-refractivity contribution in [1.82, 2.24) is 20.9 Å². The van der Waals surface area contributed by atoms with Crippen molar-refractivity contribution < 1.29 is 24.3 Å². The van der Waals surface area contributed by atoms with E-state index >= 15 is 0 Å². The number of aliphatic carboxylic acids is 1. The number of fused-ring (bicyclic) bond motifs is 1. The van der Waals surface area contributed by atoms with E-state index in [0.717, 1.165) is 16.5 Å². The maximum atomic E-state index is 12.7. The van der Waals surface area contributed by atoms with Crippen LogP contribution < -0.4 is 21.7 Å². The average Bonchev–Trinajstić information content (AvgIpc) is 3.20. The number of para-hydroxylation sites is 1. The van der Waals surface area contributed by atoms with Crippen LogP contribution in [0, 0.1) is 5.92 Å². The van der Waals surface area contributed by atoms with Gasteiger partial charge in [0.15, 0.2) is 0 Å². The van der Waals surface area contributed by atoms with Crippen LogP contribution in [0.5, 0.6) is 0 Å². The number of thioether (sulfide) groups is 1. The number of rotatable bonds is 13. The van der Waals surface area contributed by atoms with Crippen LogP contribution in [0.15, 0.2) is 30.5 Å². The first-order valence-corrected chi connectivity index (χ1v) is 12.4. The SMILES string of the molecule is CSCCC(NC(=O)C(N)Cc1c[nH]c2ccccc12)C(=O)NCC(=O)NC(C(=O)O)C(C)C. The van der Waals surface area contributed by atoms with Gasteiger partial charge in [0.2, 0.25) is 17.7 Å². The molecule has 0 fully saturated rings. The summed E-state index contributed by atoms with van der Waals surface area (Å²) in [5, 5.41) is 17.7. The number of aromatic amines is 1. The fourth-order valence-corrected chi connectivity index (χ4v) is 3.91. The number of aromatic nitrogens is 1. The van der Waals surface area contributed by atoms with E-state index in [2.05, 4.69) is 20.9 Å². The maximum absolute atomic E-state index is 12.7. The van der Waals surface area contributed by atoms with Gasteiger partial charge in [0.25, 0.3) is 0 Å². The molecule has 0 saturated carbocycles. The molecule has 34 heavy (non-hydrogen) atoms. The predicted octanol–water partition coefficient (Wildman–Crippen LogP) is 0.617. The quantitative estimate of drug-likeness (QED) is 0.239. The van der Waals surface area contributed by atoms with Crippen molar-refractivity contribution in [1.29, 1.82) is 0 Å². The molecule has 1 heterocycles. The summed E-state index contributed by atoms with van der Waals surface area (Å²) in [5.41, 5.74) is 7.98. The number of amides is 3. The lowest BCUT2D eigenvalue weighted by Gasteiger charge is -2.21. The molecule has 3 unspecified atom stereocenters. The number of nitrogens with one attached hydrogen (secondary N) is 4. The lowest BCUT2D eigenvalue weighted by molar-refractivity contribution is -0.143. The van der Waals surface area contributed by atoms with E-state index < -0.39 is 48.4 Å². The first-order valence-electron chi connectivity index (χ1n) is 11.0. The van der Waals surface area contributed by atoms with Crippen LogP contribution in [0.3, 0.4) is 0 Å². The molecule has 11 heteroatoms. The van der Waals surface area contributed by atoms with E-state index in [1.54, 1.807) is 13.8 Å². The van der Waals surface area contributed by atoms with Crippen LogP contribution >= 0.6 is 11.8 Å². The number of carbonyl (C=O) groups is 4. The molecule has 186 valence electrons. The molecule has 1 aromatic heterocycles. The standard InChI is InChI=1S/C23H33N5O5S/c1-13(2)20(23(32)33)28-19(29)12-26-22(31)18(8-9-34-3)27-21(30)16(24)10-14-11-25-17-7-5-4-6-15(14)17/h4-7,11,13,16,18,20,25H,8-10,12,24H2,1-3H3,(H,26,31)(H,27,30)(H,28,29)(H,32,33). The van der Waals surface area contributed by atoms with Crippen molar-refractivity contribution in [3.05, 3.63) is 36.0 Å². The summed E-state index contributed by atoms with van der Waals surface area (Å²) in [6.07, 6.45) is 4.34. The number of nitrogens with two attached hydrogens (primary N) is 1. The lowest BCUT2D eigenvalue weighted by Crippen LogP contribution is -2.54. The third-order valence-electron chi connectivity index (χ3n) is 5.37. The summed E-state index contributed by atoms with van der Waals surface area (Å²) < 4.78 is 0. The minimum atomic E-state index is -1.15. The van der Waals surface area contributed by atoms with Crippen molar-refractivity contribution in [3.8, 4) is 0 Å². The largest absolute Gasteiger partial charge is 0.480 e. The predicted molar refractivity (Wildman–Crippen MR) is 132 cm³/mol. The number of carboxylic acids is 1. The van der Waals surface area contributed by atoms with Gasteiger partial charge in [0.1, 0.15) is 12.1 Å². The van der Waals surface area contributed by atoms with Gasteiger partial charge in [-0.2, -0.15) is 11.8 Å². The first kappa shape index (κ1) is 27.2. The van der Waals surface area contributed by atoms with Crippen LogP contribution in [-0.4, -0.2) is 70.5 Å². The summed E-state index contributed by atoms with van der Waals surface area (Å²) >= 11 is 1.52. The van der Waals surface area contributed by atoms with E-state index in [1.165, 1.54) is 11.8 Å². The van der Waals surface area contributed by atoms with Crippen molar-refractivity contribution in [2.75, 3.05) is 18.6 Å². The number of hydrogen-bond acceptors (Lipinski definition) is 6. The first-order chi connectivity index (χ1) is 16.1. The van der Waals surface area contributed by atoms with Crippen LogP contribution in [0.1, 0.15) is 25.8 Å². The Morgan fingerprint density at radius 2 is 1.82 bits per heavy atom. The Kier molecular flexibility index (Phi) is 10.4. The molecule has 0 aliphatic heterocycles. The fraction of sp³-hybridized carbons (Fsp3) is 0.478. The molecule has 0 bridgehead atoms. The van der Waals surface area contributed by atoms with Gasteiger partial charge in [-0.15, -0.1) is 0 Å². The molecule has 2 aromatic rings. The van der Waals surface area contributed by atoms with Gasteiger partial charge < -0.3 is 31.8 Å². The summed E-state index contributed by atoms with van der Waals surface area (Å²) in [4.78, 5) is 51.9. The lowest BCUT2D eigenvalue weighted by atomic mass is 10.0. The number of carbonyl (C=O) groups excluding carboxylic acids is 3. The summed E-state index contributed by atoms with van der Waals surface area (Å²) in [7, 11) is 0. The topological polar surface area (TPSA) is 166 Å². The van der Waals surface area contributed by atoms with E-state index in [4.69, 9.17) is 5.73 Å². The second-order valence-electron chi connectivity index (χ2n) is 8.36. The highest BCUT2D eigenvalue weighted by molar-refractivity contribution is 7.98. The zero-order chi connectivity index (χ0) is 25.3. The third kappa shape index (κ3) is 7.77. The second-order valence-corrected chi connectivity index (χ2v) is 9.34. The number of carboxylic acid groups (broad SMARTS) is 1. The number of H-pyrrole nitrogens is 1. The molecule has 10 nitrogen and oxygen atoms in total. The highest BCUT2D eigenvalue weighted by Crippen LogP contribution is 2.18. The molecule has 0 aliphatic carbocycles. The van der Waals surface area contributed by atoms with Gasteiger partial charge in [0.05, 0.1) is 12.6 Å². The Hall–Kier alpha value is -3.05. The van der Waals surface area contributed by atoms with Crippen molar-refractivity contribution in [3.63, 3.8) is 0 Å². The molecule has 2 rings (SSSR count). The maximum Gasteiger partial charge on any atom is 0.326 e. The summed E-state index contributed by atoms with van der Waals surface area (Å²) in [6.45, 7) is 2.94. The van der Waals surface area contributed by atoms with E-state index in [9.17, 15) is 24.3 Å². The van der Waals surface area contributed by atoms with E-state index in [1.807, 2.05) is 36.7 Å². The molecule has 0 spiro atoms. The van der Waals surface area contributed by atoms with Gasteiger partial charge >= 0.3 is 5.97 Å². The van der Waals surface area contributed by atoms with Crippen LogP contribution in [0.25, 0.3) is 10.9 Å². The minimum Gasteiger partial charge on any atom is -0.480 e. The van der Waals surface area contributed by atoms with Crippen LogP contribution in [0.2, 0.25) is 0 Å². The van der Waals surface area contributed by atoms with Crippen molar-refractivity contribution in [2.24, 2.45) is 11.7 Å². The average molecular weight is 492 g/mol. The highest BCUT2D eigenvalue weighted by atomic mass is 32.2. The minimum absolute atomic E-state index is 0.293. The second kappa shape index (κ2) is 13.0. The zero-order valence-corrected chi connectivity index (χ0v) is 20.4. The van der Waals surface area contributed by atoms with Gasteiger partial charge in [0, 0.05) is 17.1 Å². The smallest absolute Gasteiger partial charge is 0.326 e. The molecular formula is C23H33N5O5S. The van der Waals surface area contributed by atoms with E-state index in [0.29, 0.717) is 18.6 Å². The monoisotopic (exact) mass is 491 g/mol. The van der Waals surface area contributed by atoms with Crippen molar-refractivity contribution in [2.45, 2.75) is 44.8 Å². The number of hydrogen-bond donors (Lipinski definition) is 6. The molecule has 3 atom stereocenters. The Morgan fingerprint density at radius 1 is 1.12 bits per heavy atom. The Balaban J connectivity index is 1.95. The molecule has 1 aromatic carbocycles. The Morgan fingerprint density at radius 3 is 2.47 bits per heavy atom. The fourth-order valence-electron chi connectivity index (χ4n) is 3.44. The molecular weight excluding hydrogens is 458 g/mol.